The van der Waals surface area contributed by atoms with E-state index in [0.717, 1.165) is 40.1 Å². The van der Waals surface area contributed by atoms with Crippen LogP contribution in [0.4, 0.5) is 0 Å². The standard InChI is InChI=1S/C23H29N3O3/c1-15-10-11-18-20(25-29-14-23(3,4)22(27)28)17-8-5-6-9-19(17)26(13-7-12-24)21(18)16(15)2/h5-6,8-11H,7,12-14,24H2,1-4H3,(H,27,28). The van der Waals surface area contributed by atoms with E-state index in [1.165, 1.54) is 11.1 Å². The van der Waals surface area contributed by atoms with Crippen LogP contribution in [0.5, 0.6) is 0 Å². The summed E-state index contributed by atoms with van der Waals surface area (Å²) in [5.74, 6) is -0.915. The van der Waals surface area contributed by atoms with Gasteiger partial charge in [0.15, 0.2) is 0 Å². The number of nitrogens with two attached hydrogens (primary N) is 1. The van der Waals surface area contributed by atoms with Crippen molar-refractivity contribution in [3.8, 4) is 0 Å². The molecule has 0 spiro atoms. The number of fused-ring (bicyclic) bond motifs is 2. The normalized spacial score (nSPS) is 12.7. The molecule has 29 heavy (non-hydrogen) atoms. The Kier molecular flexibility index (Phi) is 5.94. The second-order valence-electron chi connectivity index (χ2n) is 8.12. The van der Waals surface area contributed by atoms with Crippen molar-refractivity contribution in [2.45, 2.75) is 40.7 Å². The molecule has 0 amide bonds. The van der Waals surface area contributed by atoms with Crippen LogP contribution in [0, 0.1) is 19.3 Å². The fourth-order valence-corrected chi connectivity index (χ4v) is 3.41. The first-order valence-electron chi connectivity index (χ1n) is 9.89. The molecule has 0 bridgehead atoms. The van der Waals surface area contributed by atoms with E-state index in [1.54, 1.807) is 13.8 Å². The maximum atomic E-state index is 11.4. The monoisotopic (exact) mass is 395 g/mol. The highest BCUT2D eigenvalue weighted by Crippen LogP contribution is 2.25. The first kappa shape index (κ1) is 20.9. The van der Waals surface area contributed by atoms with Crippen molar-refractivity contribution in [2.24, 2.45) is 16.3 Å². The highest BCUT2D eigenvalue weighted by Gasteiger charge is 2.28. The first-order valence-corrected chi connectivity index (χ1v) is 9.89. The molecule has 1 heterocycles. The van der Waals surface area contributed by atoms with E-state index in [2.05, 4.69) is 41.8 Å². The van der Waals surface area contributed by atoms with Crippen molar-refractivity contribution < 1.29 is 14.7 Å². The molecule has 3 aromatic rings. The Balaban J connectivity index is 2.30. The Morgan fingerprint density at radius 1 is 1.17 bits per heavy atom. The molecular formula is C23H29N3O3. The van der Waals surface area contributed by atoms with E-state index in [9.17, 15) is 9.90 Å². The molecule has 0 radical (unpaired) electrons. The van der Waals surface area contributed by atoms with Crippen LogP contribution in [0.3, 0.4) is 0 Å². The minimum atomic E-state index is -1.02. The third-order valence-corrected chi connectivity index (χ3v) is 5.42. The molecule has 3 N–H and O–H groups in total. The number of aromatic nitrogens is 1. The zero-order valence-electron chi connectivity index (χ0n) is 17.5. The minimum Gasteiger partial charge on any atom is -0.481 e. The number of nitrogens with zero attached hydrogens (tertiary/aromatic N) is 2. The van der Waals surface area contributed by atoms with Crippen molar-refractivity contribution in [3.05, 3.63) is 52.9 Å². The van der Waals surface area contributed by atoms with Gasteiger partial charge in [-0.3, -0.25) is 4.79 Å². The van der Waals surface area contributed by atoms with Crippen LogP contribution in [0.15, 0.2) is 41.6 Å². The van der Waals surface area contributed by atoms with Gasteiger partial charge in [0.1, 0.15) is 12.0 Å². The Morgan fingerprint density at radius 3 is 2.59 bits per heavy atom. The summed E-state index contributed by atoms with van der Waals surface area (Å²) >= 11 is 0. The highest BCUT2D eigenvalue weighted by molar-refractivity contribution is 5.95. The van der Waals surface area contributed by atoms with Crippen molar-refractivity contribution in [3.63, 3.8) is 0 Å². The lowest BCUT2D eigenvalue weighted by molar-refractivity contribution is -0.150. The van der Waals surface area contributed by atoms with E-state index in [-0.39, 0.29) is 6.61 Å². The molecule has 2 aromatic carbocycles. The van der Waals surface area contributed by atoms with Crippen LogP contribution in [-0.2, 0) is 16.2 Å². The van der Waals surface area contributed by atoms with Crippen molar-refractivity contribution in [1.29, 1.82) is 0 Å². The predicted molar refractivity (Wildman–Crippen MR) is 116 cm³/mol. The van der Waals surface area contributed by atoms with Gasteiger partial charge in [-0.05, 0) is 57.9 Å². The Morgan fingerprint density at radius 2 is 1.90 bits per heavy atom. The van der Waals surface area contributed by atoms with Gasteiger partial charge in [0.05, 0.1) is 16.4 Å². The molecule has 0 aliphatic rings. The van der Waals surface area contributed by atoms with Crippen molar-refractivity contribution >= 4 is 27.8 Å². The number of rotatable bonds is 7. The topological polar surface area (TPSA) is 89.8 Å². The van der Waals surface area contributed by atoms with E-state index < -0.39 is 11.4 Å². The minimum absolute atomic E-state index is 0.00886. The number of benzene rings is 2. The van der Waals surface area contributed by atoms with Gasteiger partial charge in [-0.2, -0.15) is 0 Å². The number of carboxylic acid groups (broad SMARTS) is 1. The van der Waals surface area contributed by atoms with Gasteiger partial charge >= 0.3 is 5.97 Å². The maximum Gasteiger partial charge on any atom is 0.312 e. The fraction of sp³-hybridized carbons (Fsp3) is 0.391. The number of aryl methyl sites for hydroxylation is 3. The van der Waals surface area contributed by atoms with Crippen molar-refractivity contribution in [1.82, 2.24) is 4.57 Å². The molecule has 0 fully saturated rings. The van der Waals surface area contributed by atoms with Crippen LogP contribution in [-0.4, -0.2) is 28.8 Å². The molecule has 0 aliphatic heterocycles. The molecule has 0 saturated heterocycles. The van der Waals surface area contributed by atoms with Gasteiger partial charge in [-0.25, -0.2) is 0 Å². The number of hydrogen-bond acceptors (Lipinski definition) is 4. The largest absolute Gasteiger partial charge is 0.481 e. The third-order valence-electron chi connectivity index (χ3n) is 5.42. The van der Waals surface area contributed by atoms with Gasteiger partial charge in [-0.1, -0.05) is 35.5 Å². The van der Waals surface area contributed by atoms with E-state index in [4.69, 9.17) is 10.6 Å². The zero-order chi connectivity index (χ0) is 21.2. The zero-order valence-corrected chi connectivity index (χ0v) is 17.5. The molecule has 6 nitrogen and oxygen atoms in total. The van der Waals surface area contributed by atoms with Gasteiger partial charge < -0.3 is 20.2 Å². The van der Waals surface area contributed by atoms with Gasteiger partial charge in [0.25, 0.3) is 0 Å². The lowest BCUT2D eigenvalue weighted by Crippen LogP contribution is -2.29. The molecule has 0 aliphatic carbocycles. The molecule has 0 saturated carbocycles. The average molecular weight is 396 g/mol. The highest BCUT2D eigenvalue weighted by atomic mass is 16.6. The first-order chi connectivity index (χ1) is 13.8. The van der Waals surface area contributed by atoms with E-state index in [1.807, 2.05) is 18.2 Å². The molecular weight excluding hydrogens is 366 g/mol. The summed E-state index contributed by atoms with van der Waals surface area (Å²) in [5, 5.41) is 16.4. The van der Waals surface area contributed by atoms with Gasteiger partial charge in [-0.15, -0.1) is 0 Å². The van der Waals surface area contributed by atoms with Crippen LogP contribution in [0.1, 0.15) is 31.4 Å². The smallest absolute Gasteiger partial charge is 0.312 e. The summed E-state index contributed by atoms with van der Waals surface area (Å²) in [7, 11) is 0. The molecule has 6 heteroatoms. The molecule has 3 rings (SSSR count). The molecule has 0 atom stereocenters. The summed E-state index contributed by atoms with van der Waals surface area (Å²) < 4.78 is 2.31. The SMILES string of the molecule is Cc1ccc2c(=NOCC(C)(C)C(=O)O)c3ccccc3n(CCCN)c2c1C. The van der Waals surface area contributed by atoms with Crippen LogP contribution < -0.4 is 11.1 Å². The molecule has 0 unspecified atom stereocenters. The molecule has 1 aromatic heterocycles. The number of hydrogen-bond donors (Lipinski definition) is 2. The van der Waals surface area contributed by atoms with E-state index in [0.29, 0.717) is 6.54 Å². The summed E-state index contributed by atoms with van der Waals surface area (Å²) in [6.45, 7) is 8.88. The Hall–Kier alpha value is -2.86. The second kappa shape index (κ2) is 8.25. The lowest BCUT2D eigenvalue weighted by Gasteiger charge is -2.19. The fourth-order valence-electron chi connectivity index (χ4n) is 3.41. The maximum absolute atomic E-state index is 11.4. The van der Waals surface area contributed by atoms with Crippen LogP contribution in [0.2, 0.25) is 0 Å². The van der Waals surface area contributed by atoms with E-state index >= 15 is 0 Å². The second-order valence-corrected chi connectivity index (χ2v) is 8.12. The quantitative estimate of drug-likeness (QED) is 0.471. The predicted octanol–water partition coefficient (Wildman–Crippen LogP) is 3.70. The Bertz CT molecular complexity index is 1130. The number of carboxylic acids is 1. The summed E-state index contributed by atoms with van der Waals surface area (Å²) in [5.41, 5.74) is 9.33. The lowest BCUT2D eigenvalue weighted by atomic mass is 9.96. The van der Waals surface area contributed by atoms with Crippen LogP contribution in [0.25, 0.3) is 21.8 Å². The summed E-state index contributed by atoms with van der Waals surface area (Å²) in [4.78, 5) is 16.9. The van der Waals surface area contributed by atoms with Crippen LogP contribution >= 0.6 is 0 Å². The number of aliphatic carboxylic acids is 1. The molecule has 154 valence electrons. The van der Waals surface area contributed by atoms with Crippen molar-refractivity contribution in [2.75, 3.05) is 13.2 Å². The summed E-state index contributed by atoms with van der Waals surface area (Å²) in [6, 6.07) is 12.2. The number of carbonyl (C=O) groups is 1. The number of pyridine rings is 1. The average Bonchev–Trinajstić information content (AvgIpc) is 2.69. The third kappa shape index (κ3) is 3.98. The van der Waals surface area contributed by atoms with Gasteiger partial charge in [0.2, 0.25) is 0 Å². The van der Waals surface area contributed by atoms with Gasteiger partial charge in [0, 0.05) is 17.3 Å². The number of para-hydroxylation sites is 1. The summed E-state index contributed by atoms with van der Waals surface area (Å²) in [6.07, 6.45) is 0.872. The Labute approximate surface area is 170 Å².